The van der Waals surface area contributed by atoms with Gasteiger partial charge >= 0.3 is 0 Å². The molecule has 1 aliphatic carbocycles. The maximum Gasteiger partial charge on any atom is 0.227 e. The maximum atomic E-state index is 13.4. The van der Waals surface area contributed by atoms with Crippen molar-refractivity contribution in [2.45, 2.75) is 51.6 Å². The van der Waals surface area contributed by atoms with Crippen molar-refractivity contribution in [1.29, 1.82) is 0 Å². The van der Waals surface area contributed by atoms with Gasteiger partial charge in [0.25, 0.3) is 0 Å². The number of Topliss-reactive ketones (excluding diaryl/α,β-unsaturated/α-hetero) is 2. The fourth-order valence-corrected chi connectivity index (χ4v) is 5.42. The summed E-state index contributed by atoms with van der Waals surface area (Å²) in [5, 5.41) is 23.8. The summed E-state index contributed by atoms with van der Waals surface area (Å²) in [7, 11) is 0. The summed E-state index contributed by atoms with van der Waals surface area (Å²) in [6.07, 6.45) is 7.50. The SMILES string of the molecule is C=CC(C)(C)n1cc(CC2=C(O)C(=O)C(Cc3cn(C(C)(C)C=C)c4ccccc34)=C(O)C2=O)c2ccccc21. The lowest BCUT2D eigenvalue weighted by atomic mass is 9.87. The largest absolute Gasteiger partial charge is 0.504 e. The molecule has 0 saturated carbocycles. The molecule has 5 rings (SSSR count). The number of hydrogen-bond donors (Lipinski definition) is 2. The zero-order valence-corrected chi connectivity index (χ0v) is 23.4. The molecule has 0 aliphatic heterocycles. The summed E-state index contributed by atoms with van der Waals surface area (Å²) >= 11 is 0. The quantitative estimate of drug-likeness (QED) is 0.188. The lowest BCUT2D eigenvalue weighted by Crippen LogP contribution is -2.26. The Morgan fingerprint density at radius 2 is 1.02 bits per heavy atom. The molecule has 0 amide bonds. The molecule has 40 heavy (non-hydrogen) atoms. The van der Waals surface area contributed by atoms with Gasteiger partial charge in [-0.25, -0.2) is 0 Å². The molecule has 0 spiro atoms. The van der Waals surface area contributed by atoms with Crippen LogP contribution in [0.2, 0.25) is 0 Å². The van der Waals surface area contributed by atoms with Gasteiger partial charge in [-0.15, -0.1) is 13.2 Å². The Labute approximate surface area is 233 Å². The maximum absolute atomic E-state index is 13.4. The molecule has 2 heterocycles. The van der Waals surface area contributed by atoms with Crippen LogP contribution in [-0.2, 0) is 33.5 Å². The van der Waals surface area contributed by atoms with Crippen LogP contribution < -0.4 is 0 Å². The van der Waals surface area contributed by atoms with E-state index in [9.17, 15) is 19.8 Å². The van der Waals surface area contributed by atoms with E-state index in [1.165, 1.54) is 0 Å². The highest BCUT2D eigenvalue weighted by Crippen LogP contribution is 2.35. The van der Waals surface area contributed by atoms with Crippen molar-refractivity contribution in [3.8, 4) is 0 Å². The number of aromatic nitrogens is 2. The first-order chi connectivity index (χ1) is 18.9. The van der Waals surface area contributed by atoms with Gasteiger partial charge < -0.3 is 19.3 Å². The summed E-state index contributed by atoms with van der Waals surface area (Å²) in [6.45, 7) is 16.0. The molecular weight excluding hydrogens is 500 g/mol. The van der Waals surface area contributed by atoms with Crippen LogP contribution in [0.25, 0.3) is 21.8 Å². The van der Waals surface area contributed by atoms with E-state index in [4.69, 9.17) is 0 Å². The van der Waals surface area contributed by atoms with Crippen molar-refractivity contribution in [2.75, 3.05) is 0 Å². The molecule has 4 aromatic rings. The number of carbonyl (C=O) groups excluding carboxylic acids is 2. The number of aliphatic hydroxyl groups excluding tert-OH is 2. The van der Waals surface area contributed by atoms with Gasteiger partial charge in [0, 0.05) is 47.0 Å². The van der Waals surface area contributed by atoms with Gasteiger partial charge in [-0.2, -0.15) is 0 Å². The molecule has 1 aliphatic rings. The fourth-order valence-electron chi connectivity index (χ4n) is 5.42. The highest BCUT2D eigenvalue weighted by molar-refractivity contribution is 6.23. The third-order valence-corrected chi connectivity index (χ3v) is 8.11. The van der Waals surface area contributed by atoms with Crippen molar-refractivity contribution in [3.63, 3.8) is 0 Å². The summed E-state index contributed by atoms with van der Waals surface area (Å²) < 4.78 is 4.11. The van der Waals surface area contributed by atoms with Gasteiger partial charge in [0.05, 0.1) is 22.2 Å². The topological polar surface area (TPSA) is 84.5 Å². The molecule has 2 aromatic carbocycles. The number of hydrogen-bond acceptors (Lipinski definition) is 4. The third-order valence-electron chi connectivity index (χ3n) is 8.11. The first-order valence-corrected chi connectivity index (χ1v) is 13.3. The van der Waals surface area contributed by atoms with Gasteiger partial charge in [-0.3, -0.25) is 9.59 Å². The number of allylic oxidation sites excluding steroid dienone is 4. The Hall–Kier alpha value is -4.58. The van der Waals surface area contributed by atoms with Gasteiger partial charge in [-0.1, -0.05) is 48.6 Å². The van der Waals surface area contributed by atoms with Crippen molar-refractivity contribution < 1.29 is 19.8 Å². The molecule has 0 bridgehead atoms. The predicted octanol–water partition coefficient (Wildman–Crippen LogP) is 7.00. The highest BCUT2D eigenvalue weighted by Gasteiger charge is 2.36. The van der Waals surface area contributed by atoms with Crippen LogP contribution in [0.15, 0.2) is 109 Å². The lowest BCUT2D eigenvalue weighted by molar-refractivity contribution is -0.120. The molecular formula is C34H34N2O4. The van der Waals surface area contributed by atoms with Crippen LogP contribution >= 0.6 is 0 Å². The van der Waals surface area contributed by atoms with E-state index >= 15 is 0 Å². The average Bonchev–Trinajstić information content (AvgIpc) is 3.52. The number of nitrogens with zero attached hydrogens (tertiary/aromatic N) is 2. The summed E-state index contributed by atoms with van der Waals surface area (Å²) in [5.74, 6) is -2.70. The highest BCUT2D eigenvalue weighted by atomic mass is 16.3. The molecule has 204 valence electrons. The minimum absolute atomic E-state index is 0.00130. The van der Waals surface area contributed by atoms with Crippen molar-refractivity contribution >= 4 is 33.4 Å². The van der Waals surface area contributed by atoms with E-state index in [2.05, 4.69) is 22.3 Å². The van der Waals surface area contributed by atoms with E-state index in [0.29, 0.717) is 0 Å². The number of para-hydroxylation sites is 2. The first-order valence-electron chi connectivity index (χ1n) is 13.3. The molecule has 0 unspecified atom stereocenters. The smallest absolute Gasteiger partial charge is 0.227 e. The number of aliphatic hydroxyl groups is 2. The second kappa shape index (κ2) is 9.56. The zero-order chi connectivity index (χ0) is 29.0. The Bertz CT molecular complexity index is 1660. The molecule has 0 fully saturated rings. The van der Waals surface area contributed by atoms with Crippen LogP contribution in [0, 0.1) is 0 Å². The van der Waals surface area contributed by atoms with Crippen molar-refractivity contribution in [3.05, 3.63) is 120 Å². The third kappa shape index (κ3) is 4.20. The van der Waals surface area contributed by atoms with E-state index in [-0.39, 0.29) is 24.0 Å². The summed E-state index contributed by atoms with van der Waals surface area (Å²) in [4.78, 5) is 26.9. The number of fused-ring (bicyclic) bond motifs is 2. The Balaban J connectivity index is 1.53. The number of ketones is 2. The second-order valence-corrected chi connectivity index (χ2v) is 11.5. The van der Waals surface area contributed by atoms with Gasteiger partial charge in [-0.05, 0) is 51.0 Å². The fraction of sp³-hybridized carbons (Fsp3) is 0.235. The minimum Gasteiger partial charge on any atom is -0.504 e. The molecule has 6 nitrogen and oxygen atoms in total. The normalized spacial score (nSPS) is 15.0. The monoisotopic (exact) mass is 534 g/mol. The Morgan fingerprint density at radius 1 is 0.675 bits per heavy atom. The van der Waals surface area contributed by atoms with Crippen molar-refractivity contribution in [2.24, 2.45) is 0 Å². The molecule has 0 radical (unpaired) electrons. The average molecular weight is 535 g/mol. The standard InChI is InChI=1S/C34H34N2O4/c1-7-33(3,4)35-19-21(23-13-9-11-15-27(23)35)17-25-29(37)31(39)26(32(40)30(25)38)18-22-20-36(34(5,6)8-2)28-16-12-10-14-24(22)28/h7-16,19-20,37,40H,1-2,17-18H2,3-6H3. The van der Waals surface area contributed by atoms with Crippen LogP contribution in [0.3, 0.4) is 0 Å². The van der Waals surface area contributed by atoms with Gasteiger partial charge in [0.1, 0.15) is 0 Å². The van der Waals surface area contributed by atoms with Crippen LogP contribution in [0.5, 0.6) is 0 Å². The van der Waals surface area contributed by atoms with E-state index < -0.39 is 34.2 Å². The van der Waals surface area contributed by atoms with Crippen molar-refractivity contribution in [1.82, 2.24) is 9.13 Å². The van der Waals surface area contributed by atoms with Crippen LogP contribution in [-0.4, -0.2) is 30.9 Å². The second-order valence-electron chi connectivity index (χ2n) is 11.5. The Morgan fingerprint density at radius 3 is 1.38 bits per heavy atom. The number of benzene rings is 2. The zero-order valence-electron chi connectivity index (χ0n) is 23.4. The molecule has 2 aromatic heterocycles. The number of rotatable bonds is 8. The summed E-state index contributed by atoms with van der Waals surface area (Å²) in [5.41, 5.74) is 2.37. The van der Waals surface area contributed by atoms with Crippen LogP contribution in [0.4, 0.5) is 0 Å². The molecule has 0 atom stereocenters. The number of carbonyl (C=O) groups is 2. The van der Waals surface area contributed by atoms with E-state index in [1.54, 1.807) is 0 Å². The Kier molecular flexibility index (Phi) is 6.45. The van der Waals surface area contributed by atoms with Gasteiger partial charge in [0.2, 0.25) is 11.6 Å². The van der Waals surface area contributed by atoms with Gasteiger partial charge in [0.15, 0.2) is 11.5 Å². The molecule has 2 N–H and O–H groups in total. The molecule has 0 saturated heterocycles. The predicted molar refractivity (Wildman–Crippen MR) is 160 cm³/mol. The minimum atomic E-state index is -0.734. The van der Waals surface area contributed by atoms with E-state index in [1.807, 2.05) is 101 Å². The first kappa shape index (κ1) is 27.0. The molecule has 6 heteroatoms. The van der Waals surface area contributed by atoms with E-state index in [0.717, 1.165) is 32.9 Å². The van der Waals surface area contributed by atoms with Crippen LogP contribution in [0.1, 0.15) is 38.8 Å². The summed E-state index contributed by atoms with van der Waals surface area (Å²) in [6, 6.07) is 15.5. The lowest BCUT2D eigenvalue weighted by Gasteiger charge is -2.24.